The minimum absolute atomic E-state index is 0.0728. The van der Waals surface area contributed by atoms with Crippen LogP contribution in [0.5, 0.6) is 0 Å². The van der Waals surface area contributed by atoms with E-state index in [1.54, 1.807) is 4.68 Å². The van der Waals surface area contributed by atoms with E-state index in [0.29, 0.717) is 30.4 Å². The monoisotopic (exact) mass is 359 g/mol. The summed E-state index contributed by atoms with van der Waals surface area (Å²) in [5.74, 6) is 0.942. The van der Waals surface area contributed by atoms with E-state index in [0.717, 1.165) is 17.9 Å². The minimum Gasteiger partial charge on any atom is -0.373 e. The quantitative estimate of drug-likeness (QED) is 0.761. The zero-order valence-corrected chi connectivity index (χ0v) is 16.5. The van der Waals surface area contributed by atoms with Crippen LogP contribution in [0.4, 0.5) is 0 Å². The summed E-state index contributed by atoms with van der Waals surface area (Å²) < 4.78 is 8.23. The number of aromatic nitrogens is 2. The van der Waals surface area contributed by atoms with Gasteiger partial charge in [0.25, 0.3) is 0 Å². The van der Waals surface area contributed by atoms with Crippen molar-refractivity contribution in [3.63, 3.8) is 0 Å². The Balaban J connectivity index is 1.22. The van der Waals surface area contributed by atoms with Gasteiger partial charge in [0, 0.05) is 26.2 Å². The standard InChI is InChI=1S/C21H33N3O2/c1-19-8-17-9-20(2,13-19)15-21(10-17,14-19)26-7-6-22-18(25)5-4-16-11-23-24(3)12-16/h11-12,17H,4-10,13-15H2,1-3H3,(H,22,25)/t17?,19-,20-,21?/m0/s1. The maximum Gasteiger partial charge on any atom is 0.220 e. The highest BCUT2D eigenvalue weighted by atomic mass is 16.5. The Hall–Kier alpha value is -1.36. The van der Waals surface area contributed by atoms with Crippen LogP contribution in [0, 0.1) is 16.7 Å². The van der Waals surface area contributed by atoms with Crippen molar-refractivity contribution < 1.29 is 9.53 Å². The van der Waals surface area contributed by atoms with Gasteiger partial charge in [-0.2, -0.15) is 5.10 Å². The first-order chi connectivity index (χ1) is 12.3. The molecule has 0 unspecified atom stereocenters. The van der Waals surface area contributed by atoms with Crippen molar-refractivity contribution >= 4 is 5.91 Å². The van der Waals surface area contributed by atoms with Crippen LogP contribution in [-0.2, 0) is 23.0 Å². The van der Waals surface area contributed by atoms with Crippen LogP contribution in [0.2, 0.25) is 0 Å². The van der Waals surface area contributed by atoms with Gasteiger partial charge in [-0.1, -0.05) is 13.8 Å². The lowest BCUT2D eigenvalue weighted by Gasteiger charge is -2.65. The second kappa shape index (κ2) is 6.36. The number of carbonyl (C=O) groups is 1. The van der Waals surface area contributed by atoms with Gasteiger partial charge >= 0.3 is 0 Å². The molecule has 0 saturated heterocycles. The van der Waals surface area contributed by atoms with Crippen LogP contribution < -0.4 is 5.32 Å². The molecule has 1 N–H and O–H groups in total. The second-order valence-electron chi connectivity index (χ2n) is 10.0. The van der Waals surface area contributed by atoms with Crippen molar-refractivity contribution in [1.29, 1.82) is 0 Å². The average Bonchev–Trinajstić information content (AvgIpc) is 2.91. The van der Waals surface area contributed by atoms with E-state index in [4.69, 9.17) is 4.74 Å². The van der Waals surface area contributed by atoms with Crippen LogP contribution in [0.15, 0.2) is 12.4 Å². The summed E-state index contributed by atoms with van der Waals surface area (Å²) in [5, 5.41) is 7.16. The fourth-order valence-electron chi connectivity index (χ4n) is 6.91. The summed E-state index contributed by atoms with van der Waals surface area (Å²) in [7, 11) is 1.90. The molecule has 0 spiro atoms. The molecule has 4 saturated carbocycles. The number of aryl methyl sites for hydroxylation is 2. The summed E-state index contributed by atoms with van der Waals surface area (Å²) >= 11 is 0. The first kappa shape index (κ1) is 18.0. The Morgan fingerprint density at radius 1 is 1.27 bits per heavy atom. The number of nitrogens with zero attached hydrogens (tertiary/aromatic N) is 2. The Morgan fingerprint density at radius 2 is 2.00 bits per heavy atom. The largest absolute Gasteiger partial charge is 0.373 e. The third kappa shape index (κ3) is 3.68. The van der Waals surface area contributed by atoms with Gasteiger partial charge in [0.05, 0.1) is 18.4 Å². The van der Waals surface area contributed by atoms with Gasteiger partial charge in [-0.15, -0.1) is 0 Å². The van der Waals surface area contributed by atoms with E-state index >= 15 is 0 Å². The van der Waals surface area contributed by atoms with Gasteiger partial charge in [-0.05, 0) is 67.3 Å². The van der Waals surface area contributed by atoms with Crippen molar-refractivity contribution in [2.45, 2.75) is 70.8 Å². The number of hydrogen-bond acceptors (Lipinski definition) is 3. The number of rotatable bonds is 7. The molecular formula is C21H33N3O2. The van der Waals surface area contributed by atoms with Crippen LogP contribution >= 0.6 is 0 Å². The first-order valence-electron chi connectivity index (χ1n) is 10.2. The van der Waals surface area contributed by atoms with Crippen molar-refractivity contribution in [2.75, 3.05) is 13.2 Å². The van der Waals surface area contributed by atoms with Gasteiger partial charge in [0.15, 0.2) is 0 Å². The molecule has 1 heterocycles. The molecule has 5 nitrogen and oxygen atoms in total. The molecule has 2 atom stereocenters. The highest BCUT2D eigenvalue weighted by Crippen LogP contribution is 2.67. The molecule has 5 rings (SSSR count). The SMILES string of the molecule is Cn1cc(CCC(=O)NCCOC23CC4C[C@](C)(C2)C[C@](C)(C4)C3)cn1. The van der Waals surface area contributed by atoms with Crippen molar-refractivity contribution in [3.05, 3.63) is 18.0 Å². The van der Waals surface area contributed by atoms with Gasteiger partial charge in [0.1, 0.15) is 0 Å². The molecule has 26 heavy (non-hydrogen) atoms. The Bertz CT molecular complexity index is 665. The van der Waals surface area contributed by atoms with E-state index in [2.05, 4.69) is 24.3 Å². The van der Waals surface area contributed by atoms with Crippen LogP contribution in [0.25, 0.3) is 0 Å². The van der Waals surface area contributed by atoms with Crippen LogP contribution in [-0.4, -0.2) is 34.4 Å². The van der Waals surface area contributed by atoms with E-state index in [-0.39, 0.29) is 11.5 Å². The summed E-state index contributed by atoms with van der Waals surface area (Å²) in [4.78, 5) is 12.1. The van der Waals surface area contributed by atoms with Gasteiger partial charge in [0.2, 0.25) is 5.91 Å². The zero-order valence-electron chi connectivity index (χ0n) is 16.5. The Morgan fingerprint density at radius 3 is 2.62 bits per heavy atom. The van der Waals surface area contributed by atoms with E-state index in [9.17, 15) is 4.79 Å². The molecule has 0 aromatic carbocycles. The molecule has 5 heteroatoms. The van der Waals surface area contributed by atoms with Gasteiger partial charge in [-0.25, -0.2) is 0 Å². The number of carbonyl (C=O) groups excluding carboxylic acids is 1. The lowest BCUT2D eigenvalue weighted by atomic mass is 9.43. The molecule has 1 aromatic rings. The minimum atomic E-state index is 0.0728. The molecular weight excluding hydrogens is 326 g/mol. The predicted molar refractivity (Wildman–Crippen MR) is 101 cm³/mol. The highest BCUT2D eigenvalue weighted by molar-refractivity contribution is 5.76. The lowest BCUT2D eigenvalue weighted by molar-refractivity contribution is -0.213. The lowest BCUT2D eigenvalue weighted by Crippen LogP contribution is -2.59. The number of nitrogens with one attached hydrogen (secondary N) is 1. The Kier molecular flexibility index (Phi) is 4.41. The summed E-state index contributed by atoms with van der Waals surface area (Å²) in [6.45, 7) is 6.19. The summed E-state index contributed by atoms with van der Waals surface area (Å²) in [6.07, 6.45) is 12.8. The summed E-state index contributed by atoms with van der Waals surface area (Å²) in [5.41, 5.74) is 2.12. The molecule has 0 radical (unpaired) electrons. The fraction of sp³-hybridized carbons (Fsp3) is 0.810. The molecule has 144 valence electrons. The molecule has 1 aromatic heterocycles. The highest BCUT2D eigenvalue weighted by Gasteiger charge is 2.60. The van der Waals surface area contributed by atoms with Crippen LogP contribution in [0.3, 0.4) is 0 Å². The smallest absolute Gasteiger partial charge is 0.220 e. The average molecular weight is 360 g/mol. The van der Waals surface area contributed by atoms with Crippen molar-refractivity contribution in [2.24, 2.45) is 23.8 Å². The third-order valence-electron chi connectivity index (χ3n) is 6.81. The molecule has 1 amide bonds. The van der Waals surface area contributed by atoms with Gasteiger partial charge < -0.3 is 10.1 Å². The van der Waals surface area contributed by atoms with E-state index in [1.165, 1.54) is 38.5 Å². The van der Waals surface area contributed by atoms with Crippen molar-refractivity contribution in [3.8, 4) is 0 Å². The van der Waals surface area contributed by atoms with E-state index in [1.807, 2.05) is 19.4 Å². The predicted octanol–water partition coefficient (Wildman–Crippen LogP) is 3.23. The molecule has 0 aliphatic heterocycles. The second-order valence-corrected chi connectivity index (χ2v) is 10.0. The molecule has 4 aliphatic rings. The first-order valence-corrected chi connectivity index (χ1v) is 10.2. The number of ether oxygens (including phenoxy) is 1. The number of amides is 1. The fourth-order valence-corrected chi connectivity index (χ4v) is 6.91. The zero-order chi connectivity index (χ0) is 18.4. The van der Waals surface area contributed by atoms with E-state index < -0.39 is 0 Å². The maximum atomic E-state index is 12.1. The number of hydrogen-bond donors (Lipinski definition) is 1. The maximum absolute atomic E-state index is 12.1. The van der Waals surface area contributed by atoms with Gasteiger partial charge in [-0.3, -0.25) is 9.48 Å². The normalized spacial score (nSPS) is 37.9. The molecule has 4 aliphatic carbocycles. The van der Waals surface area contributed by atoms with Crippen LogP contribution in [0.1, 0.15) is 64.4 Å². The van der Waals surface area contributed by atoms with Crippen molar-refractivity contribution in [1.82, 2.24) is 15.1 Å². The molecule has 4 bridgehead atoms. The Labute approximate surface area is 156 Å². The molecule has 4 fully saturated rings. The summed E-state index contributed by atoms with van der Waals surface area (Å²) in [6, 6.07) is 0. The topological polar surface area (TPSA) is 56.2 Å². The third-order valence-corrected chi connectivity index (χ3v) is 6.81.